The van der Waals surface area contributed by atoms with Crippen LogP contribution < -0.4 is 15.4 Å². The SMILES string of the molecule is COc1ccc(NC(=O)C2=NOC(c3ccccc3)C2)cc1NC(C)=O. The van der Waals surface area contributed by atoms with Gasteiger partial charge in [-0.15, -0.1) is 0 Å². The number of rotatable bonds is 5. The van der Waals surface area contributed by atoms with Crippen molar-refractivity contribution in [2.24, 2.45) is 5.16 Å². The summed E-state index contributed by atoms with van der Waals surface area (Å²) in [7, 11) is 1.51. The fourth-order valence-corrected chi connectivity index (χ4v) is 2.63. The zero-order valence-electron chi connectivity index (χ0n) is 14.5. The summed E-state index contributed by atoms with van der Waals surface area (Å²) in [6.07, 6.45) is 0.132. The molecule has 2 N–H and O–H groups in total. The van der Waals surface area contributed by atoms with Crippen molar-refractivity contribution in [3.8, 4) is 5.75 Å². The molecule has 2 aromatic rings. The highest BCUT2D eigenvalue weighted by molar-refractivity contribution is 6.43. The smallest absolute Gasteiger partial charge is 0.273 e. The molecule has 0 saturated carbocycles. The molecule has 0 aromatic heterocycles. The van der Waals surface area contributed by atoms with E-state index >= 15 is 0 Å². The molecular formula is C19H19N3O4. The number of hydrogen-bond acceptors (Lipinski definition) is 5. The van der Waals surface area contributed by atoms with Gasteiger partial charge in [-0.25, -0.2) is 0 Å². The predicted octanol–water partition coefficient (Wildman–Crippen LogP) is 3.11. The zero-order chi connectivity index (χ0) is 18.5. The van der Waals surface area contributed by atoms with Crippen LogP contribution in [0.3, 0.4) is 0 Å². The predicted molar refractivity (Wildman–Crippen MR) is 98.2 cm³/mol. The molecule has 1 atom stereocenters. The van der Waals surface area contributed by atoms with Crippen molar-refractivity contribution in [2.45, 2.75) is 19.4 Å². The largest absolute Gasteiger partial charge is 0.495 e. The highest BCUT2D eigenvalue weighted by Crippen LogP contribution is 2.29. The Bertz CT molecular complexity index is 849. The first-order chi connectivity index (χ1) is 12.6. The number of nitrogens with one attached hydrogen (secondary N) is 2. The lowest BCUT2D eigenvalue weighted by atomic mass is 10.0. The number of oxime groups is 1. The number of carbonyl (C=O) groups excluding carboxylic acids is 2. The molecule has 26 heavy (non-hydrogen) atoms. The van der Waals surface area contributed by atoms with Crippen LogP contribution in [0.15, 0.2) is 53.7 Å². The van der Waals surface area contributed by atoms with Crippen molar-refractivity contribution >= 4 is 28.9 Å². The summed E-state index contributed by atoms with van der Waals surface area (Å²) < 4.78 is 5.20. The van der Waals surface area contributed by atoms with E-state index in [1.807, 2.05) is 30.3 Å². The minimum absolute atomic E-state index is 0.231. The van der Waals surface area contributed by atoms with Crippen LogP contribution >= 0.6 is 0 Å². The Balaban J connectivity index is 1.68. The van der Waals surface area contributed by atoms with Gasteiger partial charge in [0.15, 0.2) is 6.10 Å². The summed E-state index contributed by atoms with van der Waals surface area (Å²) >= 11 is 0. The lowest BCUT2D eigenvalue weighted by molar-refractivity contribution is -0.114. The molecule has 0 bridgehead atoms. The number of ether oxygens (including phenoxy) is 1. The summed E-state index contributed by atoms with van der Waals surface area (Å²) in [6, 6.07) is 14.6. The standard InChI is InChI=1S/C19H19N3O4/c1-12(23)20-15-10-14(8-9-17(15)25-2)21-19(24)16-11-18(26-22-16)13-6-4-3-5-7-13/h3-10,18H,11H2,1-2H3,(H,20,23)(H,21,24). The number of methoxy groups -OCH3 is 1. The second kappa shape index (κ2) is 7.69. The number of carbonyl (C=O) groups is 2. The number of nitrogens with zero attached hydrogens (tertiary/aromatic N) is 1. The minimum atomic E-state index is -0.345. The van der Waals surface area contributed by atoms with Gasteiger partial charge in [0.25, 0.3) is 5.91 Å². The third-order valence-corrected chi connectivity index (χ3v) is 3.87. The second-order valence-electron chi connectivity index (χ2n) is 5.80. The van der Waals surface area contributed by atoms with Crippen LogP contribution in [0.5, 0.6) is 5.75 Å². The Hall–Kier alpha value is -3.35. The highest BCUT2D eigenvalue weighted by Gasteiger charge is 2.27. The van der Waals surface area contributed by atoms with E-state index in [4.69, 9.17) is 9.57 Å². The molecule has 1 unspecified atom stereocenters. The summed E-state index contributed by atoms with van der Waals surface area (Å²) in [5, 5.41) is 9.33. The first-order valence-corrected chi connectivity index (χ1v) is 8.11. The summed E-state index contributed by atoms with van der Waals surface area (Å²) in [4.78, 5) is 29.1. The number of anilines is 2. The monoisotopic (exact) mass is 353 g/mol. The third-order valence-electron chi connectivity index (χ3n) is 3.87. The van der Waals surface area contributed by atoms with Gasteiger partial charge in [-0.3, -0.25) is 9.59 Å². The van der Waals surface area contributed by atoms with Crippen LogP contribution in [-0.2, 0) is 14.4 Å². The molecule has 3 rings (SSSR count). The van der Waals surface area contributed by atoms with E-state index < -0.39 is 0 Å². The minimum Gasteiger partial charge on any atom is -0.495 e. The molecule has 2 amide bonds. The van der Waals surface area contributed by atoms with Gasteiger partial charge in [-0.1, -0.05) is 35.5 Å². The van der Waals surface area contributed by atoms with E-state index in [0.29, 0.717) is 29.3 Å². The average Bonchev–Trinajstić information content (AvgIpc) is 3.12. The second-order valence-corrected chi connectivity index (χ2v) is 5.80. The van der Waals surface area contributed by atoms with Gasteiger partial charge in [-0.05, 0) is 23.8 Å². The maximum atomic E-state index is 12.4. The third kappa shape index (κ3) is 4.00. The quantitative estimate of drug-likeness (QED) is 0.864. The highest BCUT2D eigenvalue weighted by atomic mass is 16.6. The zero-order valence-corrected chi connectivity index (χ0v) is 14.5. The molecule has 1 aliphatic rings. The van der Waals surface area contributed by atoms with Crippen molar-refractivity contribution in [2.75, 3.05) is 17.7 Å². The van der Waals surface area contributed by atoms with E-state index in [1.165, 1.54) is 14.0 Å². The Labute approximate surface area is 151 Å². The normalized spacial score (nSPS) is 15.6. The maximum Gasteiger partial charge on any atom is 0.273 e. The molecule has 0 saturated heterocycles. The van der Waals surface area contributed by atoms with E-state index in [9.17, 15) is 9.59 Å². The summed E-state index contributed by atoms with van der Waals surface area (Å²) in [5.74, 6) is -0.0719. The van der Waals surface area contributed by atoms with Gasteiger partial charge in [0.05, 0.1) is 12.8 Å². The molecule has 0 aliphatic carbocycles. The summed E-state index contributed by atoms with van der Waals surface area (Å²) in [5.41, 5.74) is 2.28. The fraction of sp³-hybridized carbons (Fsp3) is 0.211. The van der Waals surface area contributed by atoms with Gasteiger partial charge in [0.2, 0.25) is 5.91 Å². The number of amides is 2. The van der Waals surface area contributed by atoms with Crippen molar-refractivity contribution in [1.82, 2.24) is 0 Å². The Morgan fingerprint density at radius 3 is 2.62 bits per heavy atom. The summed E-state index contributed by atoms with van der Waals surface area (Å²) in [6.45, 7) is 1.40. The lowest BCUT2D eigenvalue weighted by Crippen LogP contribution is -2.22. The number of hydrogen-bond donors (Lipinski definition) is 2. The van der Waals surface area contributed by atoms with Crippen LogP contribution in [0.25, 0.3) is 0 Å². The van der Waals surface area contributed by atoms with Gasteiger partial charge in [0.1, 0.15) is 11.5 Å². The van der Waals surface area contributed by atoms with Crippen molar-refractivity contribution < 1.29 is 19.2 Å². The lowest BCUT2D eigenvalue weighted by Gasteiger charge is -2.11. The Kier molecular flexibility index (Phi) is 5.17. The molecule has 134 valence electrons. The maximum absolute atomic E-state index is 12.4. The van der Waals surface area contributed by atoms with Gasteiger partial charge < -0.3 is 20.2 Å². The van der Waals surface area contributed by atoms with Crippen LogP contribution in [-0.4, -0.2) is 24.6 Å². The molecule has 1 aliphatic heterocycles. The van der Waals surface area contributed by atoms with E-state index in [-0.39, 0.29) is 17.9 Å². The van der Waals surface area contributed by atoms with Crippen LogP contribution in [0.1, 0.15) is 25.0 Å². The Morgan fingerprint density at radius 2 is 1.92 bits per heavy atom. The first-order valence-electron chi connectivity index (χ1n) is 8.11. The van der Waals surface area contributed by atoms with Crippen LogP contribution in [0.2, 0.25) is 0 Å². The van der Waals surface area contributed by atoms with Crippen molar-refractivity contribution in [3.63, 3.8) is 0 Å². The molecular weight excluding hydrogens is 334 g/mol. The fourth-order valence-electron chi connectivity index (χ4n) is 2.63. The molecule has 2 aromatic carbocycles. The van der Waals surface area contributed by atoms with Gasteiger partial charge >= 0.3 is 0 Å². The molecule has 0 fully saturated rings. The van der Waals surface area contributed by atoms with E-state index in [2.05, 4.69) is 15.8 Å². The first kappa shape index (κ1) is 17.5. The molecule has 7 heteroatoms. The Morgan fingerprint density at radius 1 is 1.15 bits per heavy atom. The molecule has 1 heterocycles. The van der Waals surface area contributed by atoms with Gasteiger partial charge in [-0.2, -0.15) is 0 Å². The average molecular weight is 353 g/mol. The van der Waals surface area contributed by atoms with Gasteiger partial charge in [0, 0.05) is 19.0 Å². The van der Waals surface area contributed by atoms with Crippen LogP contribution in [0, 0.1) is 0 Å². The molecule has 7 nitrogen and oxygen atoms in total. The molecule has 0 radical (unpaired) electrons. The topological polar surface area (TPSA) is 89.0 Å². The van der Waals surface area contributed by atoms with Crippen molar-refractivity contribution in [3.05, 3.63) is 54.1 Å². The number of benzene rings is 2. The van der Waals surface area contributed by atoms with Crippen LogP contribution in [0.4, 0.5) is 11.4 Å². The molecule has 0 spiro atoms. The van der Waals surface area contributed by atoms with E-state index in [0.717, 1.165) is 5.56 Å². The van der Waals surface area contributed by atoms with E-state index in [1.54, 1.807) is 18.2 Å². The van der Waals surface area contributed by atoms with Crippen molar-refractivity contribution in [1.29, 1.82) is 0 Å².